The Morgan fingerprint density at radius 3 is 2.74 bits per heavy atom. The summed E-state index contributed by atoms with van der Waals surface area (Å²) >= 11 is 1.24. The van der Waals surface area contributed by atoms with E-state index in [0.717, 1.165) is 11.3 Å². The molecule has 7 nitrogen and oxygen atoms in total. The Bertz CT molecular complexity index is 925. The molecule has 0 fully saturated rings. The van der Waals surface area contributed by atoms with Crippen LogP contribution in [0.4, 0.5) is 5.88 Å². The third kappa shape index (κ3) is 5.55. The first-order valence-electron chi connectivity index (χ1n) is 8.45. The first-order valence-corrected chi connectivity index (χ1v) is 9.44. The van der Waals surface area contributed by atoms with Crippen molar-refractivity contribution in [3.8, 4) is 0 Å². The van der Waals surface area contributed by atoms with Crippen LogP contribution in [0.15, 0.2) is 46.1 Å². The number of hydrogen-bond acceptors (Lipinski definition) is 6. The van der Waals surface area contributed by atoms with Crippen molar-refractivity contribution in [1.82, 2.24) is 20.3 Å². The SMILES string of the molecule is CC(C)(C)c1cc(NC(=O)CSc2n[nH]c(/C=C/c3ccccc3)n2)on1. The van der Waals surface area contributed by atoms with Crippen LogP contribution in [0.5, 0.6) is 0 Å². The molecule has 0 saturated carbocycles. The fourth-order valence-electron chi connectivity index (χ4n) is 2.13. The van der Waals surface area contributed by atoms with Gasteiger partial charge < -0.3 is 4.52 Å². The van der Waals surface area contributed by atoms with E-state index >= 15 is 0 Å². The molecule has 3 rings (SSSR count). The van der Waals surface area contributed by atoms with Gasteiger partial charge in [0.25, 0.3) is 0 Å². The average molecular weight is 383 g/mol. The number of benzene rings is 1. The molecule has 3 aromatic rings. The molecule has 0 bridgehead atoms. The number of anilines is 1. The van der Waals surface area contributed by atoms with Gasteiger partial charge in [0.2, 0.25) is 16.9 Å². The number of aromatic amines is 1. The van der Waals surface area contributed by atoms with E-state index in [1.165, 1.54) is 11.8 Å². The van der Waals surface area contributed by atoms with Gasteiger partial charge in [-0.1, -0.05) is 74.1 Å². The van der Waals surface area contributed by atoms with Crippen LogP contribution in [0.25, 0.3) is 12.2 Å². The third-order valence-corrected chi connectivity index (χ3v) is 4.44. The predicted octanol–water partition coefficient (Wildman–Crippen LogP) is 3.99. The molecule has 1 amide bonds. The summed E-state index contributed by atoms with van der Waals surface area (Å²) in [5.41, 5.74) is 1.72. The lowest BCUT2D eigenvalue weighted by Crippen LogP contribution is -2.14. The van der Waals surface area contributed by atoms with Gasteiger partial charge in [0.1, 0.15) is 5.82 Å². The summed E-state index contributed by atoms with van der Waals surface area (Å²) in [6.07, 6.45) is 3.79. The number of hydrogen-bond donors (Lipinski definition) is 2. The standard InChI is InChI=1S/C19H21N5O2S/c1-19(2,3)14-11-17(26-24-14)21-16(25)12-27-18-20-15(22-23-18)10-9-13-7-5-4-6-8-13/h4-11H,12H2,1-3H3,(H,21,25)(H,20,22,23)/b10-9+. The molecule has 0 aliphatic rings. The number of aromatic nitrogens is 4. The first-order chi connectivity index (χ1) is 12.9. The highest BCUT2D eigenvalue weighted by molar-refractivity contribution is 7.99. The van der Waals surface area contributed by atoms with Crippen molar-refractivity contribution < 1.29 is 9.32 Å². The Balaban J connectivity index is 1.50. The van der Waals surface area contributed by atoms with Gasteiger partial charge in [0.15, 0.2) is 0 Å². The van der Waals surface area contributed by atoms with Gasteiger partial charge in [-0.3, -0.25) is 15.2 Å². The Labute approximate surface area is 161 Å². The van der Waals surface area contributed by atoms with E-state index in [4.69, 9.17) is 4.52 Å². The first kappa shape index (κ1) is 18.9. The molecule has 8 heteroatoms. The van der Waals surface area contributed by atoms with E-state index in [2.05, 4.69) is 25.7 Å². The molecule has 27 heavy (non-hydrogen) atoms. The number of carbonyl (C=O) groups is 1. The van der Waals surface area contributed by atoms with E-state index in [0.29, 0.717) is 16.9 Å². The lowest BCUT2D eigenvalue weighted by atomic mass is 9.92. The van der Waals surface area contributed by atoms with E-state index in [9.17, 15) is 4.79 Å². The number of nitrogens with zero attached hydrogens (tertiary/aromatic N) is 3. The summed E-state index contributed by atoms with van der Waals surface area (Å²) in [6.45, 7) is 6.08. The zero-order valence-electron chi connectivity index (χ0n) is 15.4. The summed E-state index contributed by atoms with van der Waals surface area (Å²) < 4.78 is 5.15. The van der Waals surface area contributed by atoms with Crippen molar-refractivity contribution >= 4 is 35.7 Å². The molecule has 0 aliphatic heterocycles. The zero-order valence-corrected chi connectivity index (χ0v) is 16.2. The van der Waals surface area contributed by atoms with E-state index in [-0.39, 0.29) is 17.1 Å². The third-order valence-electron chi connectivity index (χ3n) is 3.59. The molecule has 0 unspecified atom stereocenters. The lowest BCUT2D eigenvalue weighted by molar-refractivity contribution is -0.113. The zero-order chi connectivity index (χ0) is 19.3. The van der Waals surface area contributed by atoms with E-state index in [1.807, 2.05) is 63.3 Å². The predicted molar refractivity (Wildman–Crippen MR) is 106 cm³/mol. The maximum atomic E-state index is 12.1. The number of thioether (sulfide) groups is 1. The Hall–Kier alpha value is -2.87. The molecule has 2 N–H and O–H groups in total. The second-order valence-corrected chi connectivity index (χ2v) is 7.85. The summed E-state index contributed by atoms with van der Waals surface area (Å²) in [6, 6.07) is 11.6. The smallest absolute Gasteiger partial charge is 0.237 e. The largest absolute Gasteiger partial charge is 0.338 e. The highest BCUT2D eigenvalue weighted by Gasteiger charge is 2.19. The second-order valence-electron chi connectivity index (χ2n) is 6.91. The van der Waals surface area contributed by atoms with Crippen LogP contribution in [-0.2, 0) is 10.2 Å². The molecule has 2 heterocycles. The number of H-pyrrole nitrogens is 1. The monoisotopic (exact) mass is 383 g/mol. The van der Waals surface area contributed by atoms with E-state index < -0.39 is 0 Å². The van der Waals surface area contributed by atoms with Crippen molar-refractivity contribution in [3.05, 3.63) is 53.5 Å². The second kappa shape index (κ2) is 8.22. The molecule has 0 atom stereocenters. The van der Waals surface area contributed by atoms with Crippen LogP contribution in [-0.4, -0.2) is 32.0 Å². The average Bonchev–Trinajstić information content (AvgIpc) is 3.28. The molecule has 140 valence electrons. The Kier molecular flexibility index (Phi) is 5.75. The molecule has 0 aliphatic carbocycles. The van der Waals surface area contributed by atoms with Gasteiger partial charge in [-0.15, -0.1) is 5.10 Å². The van der Waals surface area contributed by atoms with E-state index in [1.54, 1.807) is 6.07 Å². The van der Waals surface area contributed by atoms with Crippen LogP contribution < -0.4 is 5.32 Å². The summed E-state index contributed by atoms with van der Waals surface area (Å²) in [4.78, 5) is 16.4. The van der Waals surface area contributed by atoms with Crippen LogP contribution in [0.1, 0.15) is 37.9 Å². The summed E-state index contributed by atoms with van der Waals surface area (Å²) in [5, 5.41) is 14.1. The van der Waals surface area contributed by atoms with Gasteiger partial charge in [0, 0.05) is 11.5 Å². The summed E-state index contributed by atoms with van der Waals surface area (Å²) in [7, 11) is 0. The fourth-order valence-corrected chi connectivity index (χ4v) is 2.73. The number of rotatable bonds is 6. The van der Waals surface area contributed by atoms with Crippen molar-refractivity contribution in [2.24, 2.45) is 0 Å². The minimum atomic E-state index is -0.206. The molecule has 0 saturated heterocycles. The Morgan fingerprint density at radius 2 is 2.04 bits per heavy atom. The Morgan fingerprint density at radius 1 is 1.26 bits per heavy atom. The van der Waals surface area contributed by atoms with Crippen molar-refractivity contribution in [3.63, 3.8) is 0 Å². The highest BCUT2D eigenvalue weighted by Crippen LogP contribution is 2.24. The molecular weight excluding hydrogens is 362 g/mol. The topological polar surface area (TPSA) is 96.7 Å². The number of amides is 1. The number of nitrogens with one attached hydrogen (secondary N) is 2. The highest BCUT2D eigenvalue weighted by atomic mass is 32.2. The molecular formula is C19H21N5O2S. The van der Waals surface area contributed by atoms with Gasteiger partial charge in [-0.25, -0.2) is 4.98 Å². The fraction of sp³-hybridized carbons (Fsp3) is 0.263. The van der Waals surface area contributed by atoms with Crippen LogP contribution in [0.2, 0.25) is 0 Å². The lowest BCUT2D eigenvalue weighted by Gasteiger charge is -2.12. The van der Waals surface area contributed by atoms with Crippen LogP contribution >= 0.6 is 11.8 Å². The van der Waals surface area contributed by atoms with Crippen molar-refractivity contribution in [2.75, 3.05) is 11.1 Å². The van der Waals surface area contributed by atoms with Crippen molar-refractivity contribution in [2.45, 2.75) is 31.3 Å². The molecule has 1 aromatic carbocycles. The number of carbonyl (C=O) groups excluding carboxylic acids is 1. The molecule has 0 spiro atoms. The molecule has 0 radical (unpaired) electrons. The maximum absolute atomic E-state index is 12.1. The van der Waals surface area contributed by atoms with Gasteiger partial charge in [-0.2, -0.15) is 0 Å². The minimum Gasteiger partial charge on any atom is -0.338 e. The molecule has 2 aromatic heterocycles. The minimum absolute atomic E-state index is 0.135. The van der Waals surface area contributed by atoms with Gasteiger partial charge in [0.05, 0.1) is 11.4 Å². The van der Waals surface area contributed by atoms with Crippen LogP contribution in [0, 0.1) is 0 Å². The van der Waals surface area contributed by atoms with Crippen LogP contribution in [0.3, 0.4) is 0 Å². The van der Waals surface area contributed by atoms with Gasteiger partial charge in [-0.05, 0) is 11.6 Å². The van der Waals surface area contributed by atoms with Gasteiger partial charge >= 0.3 is 0 Å². The summed E-state index contributed by atoms with van der Waals surface area (Å²) in [5.74, 6) is 0.937. The van der Waals surface area contributed by atoms with Crippen molar-refractivity contribution in [1.29, 1.82) is 0 Å². The quantitative estimate of drug-likeness (QED) is 0.625. The normalized spacial score (nSPS) is 11.8. The maximum Gasteiger partial charge on any atom is 0.237 e.